The second-order valence-electron chi connectivity index (χ2n) is 5.30. The number of thioether (sulfide) groups is 1. The number of fused-ring (bicyclic) bond motifs is 1. The molecule has 3 rings (SSSR count). The van der Waals surface area contributed by atoms with E-state index in [0.717, 1.165) is 10.6 Å². The number of carbonyl (C=O) groups excluding carboxylic acids is 1. The van der Waals surface area contributed by atoms with Crippen LogP contribution in [0.2, 0.25) is 10.0 Å². The number of anilines is 1. The van der Waals surface area contributed by atoms with Gasteiger partial charge in [0.1, 0.15) is 0 Å². The summed E-state index contributed by atoms with van der Waals surface area (Å²) >= 11 is 13.7. The van der Waals surface area contributed by atoms with Gasteiger partial charge in [-0.2, -0.15) is 0 Å². The number of carbonyl (C=O) groups is 2. The Balaban J connectivity index is 2.01. The Bertz CT molecular complexity index is 792. The second-order valence-corrected chi connectivity index (χ2v) is 7.36. The second kappa shape index (κ2) is 7.05. The number of carboxylic acids is 1. The van der Waals surface area contributed by atoms with E-state index in [1.807, 2.05) is 24.3 Å². The summed E-state index contributed by atoms with van der Waals surface area (Å²) < 4.78 is 0. The summed E-state index contributed by atoms with van der Waals surface area (Å²) in [6.45, 7) is 0.199. The highest BCUT2D eigenvalue weighted by Gasteiger charge is 2.35. The number of halogens is 2. The fourth-order valence-corrected chi connectivity index (χ4v) is 4.30. The largest absolute Gasteiger partial charge is 0.481 e. The number of para-hydroxylation sites is 1. The summed E-state index contributed by atoms with van der Waals surface area (Å²) in [6, 6.07) is 12.6. The molecule has 0 saturated carbocycles. The molecule has 4 nitrogen and oxygen atoms in total. The number of hydrogen-bond acceptors (Lipinski definition) is 3. The van der Waals surface area contributed by atoms with Crippen molar-refractivity contribution in [2.75, 3.05) is 4.90 Å². The Morgan fingerprint density at radius 2 is 1.79 bits per heavy atom. The van der Waals surface area contributed by atoms with Gasteiger partial charge in [-0.1, -0.05) is 41.4 Å². The van der Waals surface area contributed by atoms with Crippen LogP contribution in [-0.4, -0.2) is 22.2 Å². The summed E-state index contributed by atoms with van der Waals surface area (Å²) in [4.78, 5) is 26.3. The van der Waals surface area contributed by atoms with Gasteiger partial charge in [-0.05, 0) is 24.3 Å². The van der Waals surface area contributed by atoms with E-state index in [4.69, 9.17) is 28.3 Å². The zero-order chi connectivity index (χ0) is 17.3. The molecule has 1 aliphatic rings. The monoisotopic (exact) mass is 381 g/mol. The van der Waals surface area contributed by atoms with Crippen molar-refractivity contribution in [3.05, 3.63) is 58.1 Å². The first-order valence-corrected chi connectivity index (χ1v) is 8.82. The summed E-state index contributed by atoms with van der Waals surface area (Å²) in [5.74, 6) is -1.26. The van der Waals surface area contributed by atoms with Crippen LogP contribution in [0.15, 0.2) is 47.4 Å². The van der Waals surface area contributed by atoms with Crippen molar-refractivity contribution >= 4 is 52.5 Å². The average Bonchev–Trinajstić information content (AvgIpc) is 2.53. The summed E-state index contributed by atoms with van der Waals surface area (Å²) in [6.07, 6.45) is -0.232. The van der Waals surface area contributed by atoms with Crippen LogP contribution < -0.4 is 4.90 Å². The van der Waals surface area contributed by atoms with Crippen molar-refractivity contribution < 1.29 is 14.7 Å². The lowest BCUT2D eigenvalue weighted by atomic mass is 10.1. The van der Waals surface area contributed by atoms with Crippen molar-refractivity contribution in [3.8, 4) is 0 Å². The Morgan fingerprint density at radius 3 is 2.46 bits per heavy atom. The quantitative estimate of drug-likeness (QED) is 0.848. The van der Waals surface area contributed by atoms with Crippen molar-refractivity contribution in [1.29, 1.82) is 0 Å². The third kappa shape index (κ3) is 3.38. The molecule has 0 radical (unpaired) electrons. The molecule has 2 aromatic carbocycles. The molecule has 124 valence electrons. The standard InChI is InChI=1S/C17H13Cl2NO3S/c18-11-4-3-5-12(19)10(11)9-20-13-6-1-2-7-14(13)24-15(17(20)23)8-16(21)22/h1-7,15H,8-9H2,(H,21,22). The smallest absolute Gasteiger partial charge is 0.305 e. The highest BCUT2D eigenvalue weighted by Crippen LogP contribution is 2.41. The lowest BCUT2D eigenvalue weighted by molar-refractivity contribution is -0.138. The Morgan fingerprint density at radius 1 is 1.12 bits per heavy atom. The van der Waals surface area contributed by atoms with Crippen molar-refractivity contribution in [2.24, 2.45) is 0 Å². The van der Waals surface area contributed by atoms with E-state index in [0.29, 0.717) is 15.6 Å². The SMILES string of the molecule is O=C(O)CC1Sc2ccccc2N(Cc2c(Cl)cccc2Cl)C1=O. The van der Waals surface area contributed by atoms with E-state index >= 15 is 0 Å². The highest BCUT2D eigenvalue weighted by molar-refractivity contribution is 8.01. The van der Waals surface area contributed by atoms with Crippen LogP contribution in [0.25, 0.3) is 0 Å². The number of nitrogens with zero attached hydrogens (tertiary/aromatic N) is 1. The lowest BCUT2D eigenvalue weighted by Crippen LogP contribution is -2.41. The molecule has 2 aromatic rings. The van der Waals surface area contributed by atoms with E-state index in [1.54, 1.807) is 23.1 Å². The number of rotatable bonds is 4. The minimum absolute atomic E-state index is 0.199. The maximum atomic E-state index is 12.8. The molecule has 24 heavy (non-hydrogen) atoms. The third-order valence-corrected chi connectivity index (χ3v) is 5.66. The first-order valence-electron chi connectivity index (χ1n) is 7.19. The van der Waals surface area contributed by atoms with Gasteiger partial charge in [0.05, 0.1) is 23.9 Å². The first-order chi connectivity index (χ1) is 11.5. The molecule has 1 aliphatic heterocycles. The molecule has 0 fully saturated rings. The maximum absolute atomic E-state index is 12.8. The van der Waals surface area contributed by atoms with Crippen LogP contribution in [0, 0.1) is 0 Å². The number of benzene rings is 2. The normalized spacial score (nSPS) is 16.8. The van der Waals surface area contributed by atoms with E-state index in [1.165, 1.54) is 11.8 Å². The molecule has 0 aromatic heterocycles. The van der Waals surface area contributed by atoms with E-state index in [-0.39, 0.29) is 18.9 Å². The van der Waals surface area contributed by atoms with Crippen molar-refractivity contribution in [1.82, 2.24) is 0 Å². The molecule has 0 aliphatic carbocycles. The Kier molecular flexibility index (Phi) is 5.04. The predicted octanol–water partition coefficient (Wildman–Crippen LogP) is 4.48. The molecule has 1 atom stereocenters. The van der Waals surface area contributed by atoms with Crippen LogP contribution in [-0.2, 0) is 16.1 Å². The number of aliphatic carboxylic acids is 1. The van der Waals surface area contributed by atoms with E-state index in [2.05, 4.69) is 0 Å². The van der Waals surface area contributed by atoms with Gasteiger partial charge in [-0.25, -0.2) is 0 Å². The van der Waals surface area contributed by atoms with E-state index in [9.17, 15) is 9.59 Å². The summed E-state index contributed by atoms with van der Waals surface area (Å²) in [5, 5.41) is 9.35. The van der Waals surface area contributed by atoms with Gasteiger partial charge in [-0.15, -0.1) is 11.8 Å². The molecule has 1 unspecified atom stereocenters. The number of amides is 1. The molecular weight excluding hydrogens is 369 g/mol. The molecule has 0 saturated heterocycles. The fourth-order valence-electron chi connectivity index (χ4n) is 2.57. The minimum atomic E-state index is -1.00. The van der Waals surface area contributed by atoms with Crippen LogP contribution in [0.1, 0.15) is 12.0 Å². The van der Waals surface area contributed by atoms with Crippen LogP contribution in [0.5, 0.6) is 0 Å². The lowest BCUT2D eigenvalue weighted by Gasteiger charge is -2.33. The van der Waals surface area contributed by atoms with Gasteiger partial charge in [0.25, 0.3) is 0 Å². The average molecular weight is 382 g/mol. The third-order valence-electron chi connectivity index (χ3n) is 3.70. The minimum Gasteiger partial charge on any atom is -0.481 e. The topological polar surface area (TPSA) is 57.6 Å². The highest BCUT2D eigenvalue weighted by atomic mass is 35.5. The summed E-state index contributed by atoms with van der Waals surface area (Å²) in [7, 11) is 0. The molecule has 1 N–H and O–H groups in total. The summed E-state index contributed by atoms with van der Waals surface area (Å²) in [5.41, 5.74) is 1.38. The van der Waals surface area contributed by atoms with Gasteiger partial charge >= 0.3 is 5.97 Å². The van der Waals surface area contributed by atoms with E-state index < -0.39 is 11.2 Å². The maximum Gasteiger partial charge on any atom is 0.305 e. The van der Waals surface area contributed by atoms with Crippen LogP contribution in [0.4, 0.5) is 5.69 Å². The molecule has 0 spiro atoms. The van der Waals surface area contributed by atoms with Crippen molar-refractivity contribution in [2.45, 2.75) is 23.1 Å². The molecular formula is C17H13Cl2NO3S. The van der Waals surface area contributed by atoms with Gasteiger partial charge in [0, 0.05) is 20.5 Å². The predicted molar refractivity (Wildman–Crippen MR) is 96.0 cm³/mol. The van der Waals surface area contributed by atoms with Crippen LogP contribution in [0.3, 0.4) is 0 Å². The molecule has 1 amide bonds. The van der Waals surface area contributed by atoms with Crippen LogP contribution >= 0.6 is 35.0 Å². The zero-order valence-corrected chi connectivity index (χ0v) is 14.7. The number of hydrogen-bond donors (Lipinski definition) is 1. The molecule has 7 heteroatoms. The fraction of sp³-hybridized carbons (Fsp3) is 0.176. The van der Waals surface area contributed by atoms with Gasteiger partial charge in [0.2, 0.25) is 5.91 Å². The van der Waals surface area contributed by atoms with Gasteiger partial charge in [-0.3, -0.25) is 9.59 Å². The molecule has 0 bridgehead atoms. The van der Waals surface area contributed by atoms with Gasteiger partial charge < -0.3 is 10.0 Å². The van der Waals surface area contributed by atoms with Crippen molar-refractivity contribution in [3.63, 3.8) is 0 Å². The first kappa shape index (κ1) is 17.1. The molecule has 1 heterocycles. The zero-order valence-electron chi connectivity index (χ0n) is 12.4. The Hall–Kier alpha value is -1.69. The number of carboxylic acid groups (broad SMARTS) is 1. The Labute approximate surface area is 153 Å². The van der Waals surface area contributed by atoms with Gasteiger partial charge in [0.15, 0.2) is 0 Å².